The predicted octanol–water partition coefficient (Wildman–Crippen LogP) is 8.50. The highest BCUT2D eigenvalue weighted by atomic mass is 33.1. The molecular formula is C25H41N3S2. The monoisotopic (exact) mass is 447 g/mol. The standard InChI is InChI=1S/C25H41N3S2/c1-4-6-7-8-9-10-11-12-13-17-20-29-30-25-27-26-24(22(3)5-2)28(25)21-23-18-15-14-16-19-23/h14-16,18-19,22H,4-13,17,20-21H2,1-3H3. The minimum atomic E-state index is 0.433. The van der Waals surface area contributed by atoms with Crippen molar-refractivity contribution in [1.82, 2.24) is 14.8 Å². The Hall–Kier alpha value is -0.940. The summed E-state index contributed by atoms with van der Waals surface area (Å²) in [4.78, 5) is 0. The van der Waals surface area contributed by atoms with E-state index in [1.165, 1.54) is 75.5 Å². The molecule has 1 aromatic heterocycles. The third kappa shape index (κ3) is 9.47. The van der Waals surface area contributed by atoms with Crippen molar-refractivity contribution < 1.29 is 0 Å². The molecule has 1 unspecified atom stereocenters. The first-order chi connectivity index (χ1) is 14.8. The third-order valence-corrected chi connectivity index (χ3v) is 8.02. The Morgan fingerprint density at radius 3 is 2.10 bits per heavy atom. The van der Waals surface area contributed by atoms with E-state index in [1.54, 1.807) is 10.8 Å². The summed E-state index contributed by atoms with van der Waals surface area (Å²) in [6, 6.07) is 10.7. The second-order valence-corrected chi connectivity index (χ2v) is 10.7. The Bertz CT molecular complexity index is 672. The van der Waals surface area contributed by atoms with Gasteiger partial charge in [0.1, 0.15) is 5.82 Å². The molecule has 0 amide bonds. The number of hydrogen-bond donors (Lipinski definition) is 0. The smallest absolute Gasteiger partial charge is 0.202 e. The van der Waals surface area contributed by atoms with Crippen LogP contribution in [0.4, 0.5) is 0 Å². The van der Waals surface area contributed by atoms with Gasteiger partial charge < -0.3 is 4.57 Å². The fourth-order valence-corrected chi connectivity index (χ4v) is 5.69. The molecule has 0 spiro atoms. The first-order valence-electron chi connectivity index (χ1n) is 12.0. The second kappa shape index (κ2) is 15.8. The van der Waals surface area contributed by atoms with Gasteiger partial charge in [-0.15, -0.1) is 10.2 Å². The molecule has 0 saturated heterocycles. The van der Waals surface area contributed by atoms with Gasteiger partial charge >= 0.3 is 0 Å². The minimum Gasteiger partial charge on any atom is -0.301 e. The molecule has 1 atom stereocenters. The highest BCUT2D eigenvalue weighted by molar-refractivity contribution is 8.76. The van der Waals surface area contributed by atoms with Crippen LogP contribution in [-0.2, 0) is 6.54 Å². The summed E-state index contributed by atoms with van der Waals surface area (Å²) in [5, 5.41) is 10.1. The van der Waals surface area contributed by atoms with E-state index in [-0.39, 0.29) is 0 Å². The summed E-state index contributed by atoms with van der Waals surface area (Å²) >= 11 is 0. The summed E-state index contributed by atoms with van der Waals surface area (Å²) in [7, 11) is 3.73. The van der Waals surface area contributed by atoms with Crippen LogP contribution >= 0.6 is 21.6 Å². The van der Waals surface area contributed by atoms with Crippen LogP contribution in [0.25, 0.3) is 0 Å². The lowest BCUT2D eigenvalue weighted by atomic mass is 10.1. The Morgan fingerprint density at radius 1 is 0.833 bits per heavy atom. The van der Waals surface area contributed by atoms with E-state index < -0.39 is 0 Å². The molecule has 5 heteroatoms. The fourth-order valence-electron chi connectivity index (χ4n) is 3.57. The van der Waals surface area contributed by atoms with Gasteiger partial charge in [0.05, 0.1) is 6.54 Å². The maximum absolute atomic E-state index is 4.54. The van der Waals surface area contributed by atoms with Crippen molar-refractivity contribution in [3.63, 3.8) is 0 Å². The molecule has 0 radical (unpaired) electrons. The van der Waals surface area contributed by atoms with Crippen molar-refractivity contribution in [3.8, 4) is 0 Å². The van der Waals surface area contributed by atoms with Crippen LogP contribution in [0.1, 0.15) is 109 Å². The SMILES string of the molecule is CCCCCCCCCCCCSSc1nnc(C(C)CC)n1Cc1ccccc1. The normalized spacial score (nSPS) is 12.4. The number of unbranched alkanes of at least 4 members (excludes halogenated alkanes) is 9. The summed E-state index contributed by atoms with van der Waals surface area (Å²) in [6.07, 6.45) is 15.0. The largest absolute Gasteiger partial charge is 0.301 e. The van der Waals surface area contributed by atoms with Crippen molar-refractivity contribution in [2.75, 3.05) is 5.75 Å². The molecule has 1 aromatic carbocycles. The Kier molecular flexibility index (Phi) is 13.3. The molecule has 3 nitrogen and oxygen atoms in total. The quantitative estimate of drug-likeness (QED) is 0.180. The van der Waals surface area contributed by atoms with Gasteiger partial charge in [-0.05, 0) is 29.2 Å². The molecule has 0 aliphatic rings. The Labute approximate surface area is 192 Å². The zero-order valence-corrected chi connectivity index (χ0v) is 20.9. The van der Waals surface area contributed by atoms with Gasteiger partial charge in [0.2, 0.25) is 5.16 Å². The van der Waals surface area contributed by atoms with E-state index in [0.29, 0.717) is 5.92 Å². The number of hydrogen-bond acceptors (Lipinski definition) is 4. The minimum absolute atomic E-state index is 0.433. The lowest BCUT2D eigenvalue weighted by molar-refractivity contribution is 0.563. The molecule has 1 heterocycles. The van der Waals surface area contributed by atoms with E-state index in [1.807, 2.05) is 10.8 Å². The topological polar surface area (TPSA) is 30.7 Å². The van der Waals surface area contributed by atoms with Crippen LogP contribution in [-0.4, -0.2) is 20.5 Å². The second-order valence-electron chi connectivity index (χ2n) is 8.31. The molecule has 0 aliphatic carbocycles. The van der Waals surface area contributed by atoms with E-state index in [9.17, 15) is 0 Å². The van der Waals surface area contributed by atoms with Crippen molar-refractivity contribution in [1.29, 1.82) is 0 Å². The predicted molar refractivity (Wildman–Crippen MR) is 134 cm³/mol. The molecule has 2 aromatic rings. The molecule has 0 bridgehead atoms. The number of nitrogens with zero attached hydrogens (tertiary/aromatic N) is 3. The summed E-state index contributed by atoms with van der Waals surface area (Å²) in [5.74, 6) is 2.74. The van der Waals surface area contributed by atoms with Gasteiger partial charge in [-0.2, -0.15) is 0 Å². The van der Waals surface area contributed by atoms with E-state index in [0.717, 1.165) is 23.9 Å². The number of rotatable bonds is 17. The maximum atomic E-state index is 4.54. The first-order valence-corrected chi connectivity index (χ1v) is 14.3. The molecule has 30 heavy (non-hydrogen) atoms. The van der Waals surface area contributed by atoms with Gasteiger partial charge in [-0.3, -0.25) is 0 Å². The third-order valence-electron chi connectivity index (χ3n) is 5.70. The van der Waals surface area contributed by atoms with Crippen molar-refractivity contribution >= 4 is 21.6 Å². The van der Waals surface area contributed by atoms with Gasteiger partial charge in [0, 0.05) is 11.7 Å². The highest BCUT2D eigenvalue weighted by Crippen LogP contribution is 2.33. The van der Waals surface area contributed by atoms with Gasteiger partial charge in [-0.1, -0.05) is 120 Å². The average Bonchev–Trinajstić information content (AvgIpc) is 3.17. The van der Waals surface area contributed by atoms with Crippen LogP contribution < -0.4 is 0 Å². The molecule has 0 N–H and O–H groups in total. The molecule has 168 valence electrons. The lowest BCUT2D eigenvalue weighted by Crippen LogP contribution is -2.08. The molecular weight excluding hydrogens is 406 g/mol. The van der Waals surface area contributed by atoms with Crippen LogP contribution in [0.3, 0.4) is 0 Å². The van der Waals surface area contributed by atoms with Crippen LogP contribution in [0, 0.1) is 0 Å². The molecule has 0 aliphatic heterocycles. The Balaban J connectivity index is 1.69. The van der Waals surface area contributed by atoms with Gasteiger partial charge in [0.25, 0.3) is 0 Å². The van der Waals surface area contributed by atoms with Crippen LogP contribution in [0.2, 0.25) is 0 Å². The highest BCUT2D eigenvalue weighted by Gasteiger charge is 2.17. The zero-order chi connectivity index (χ0) is 21.4. The van der Waals surface area contributed by atoms with Crippen LogP contribution in [0.15, 0.2) is 35.5 Å². The summed E-state index contributed by atoms with van der Waals surface area (Å²) < 4.78 is 2.32. The van der Waals surface area contributed by atoms with Gasteiger partial charge in [0.15, 0.2) is 0 Å². The van der Waals surface area contributed by atoms with E-state index in [2.05, 4.69) is 65.9 Å². The van der Waals surface area contributed by atoms with Gasteiger partial charge in [-0.25, -0.2) is 0 Å². The first kappa shape index (κ1) is 25.3. The zero-order valence-electron chi connectivity index (χ0n) is 19.3. The fraction of sp³-hybridized carbons (Fsp3) is 0.680. The lowest BCUT2D eigenvalue weighted by Gasteiger charge is -2.13. The molecule has 2 rings (SSSR count). The average molecular weight is 448 g/mol. The number of benzene rings is 1. The molecule has 0 saturated carbocycles. The van der Waals surface area contributed by atoms with E-state index in [4.69, 9.17) is 0 Å². The Morgan fingerprint density at radius 2 is 1.47 bits per heavy atom. The van der Waals surface area contributed by atoms with Crippen molar-refractivity contribution in [2.45, 2.75) is 109 Å². The van der Waals surface area contributed by atoms with Crippen LogP contribution in [0.5, 0.6) is 0 Å². The number of aromatic nitrogens is 3. The molecule has 0 fully saturated rings. The summed E-state index contributed by atoms with van der Waals surface area (Å²) in [5.41, 5.74) is 1.31. The van der Waals surface area contributed by atoms with Crippen molar-refractivity contribution in [3.05, 3.63) is 41.7 Å². The maximum Gasteiger partial charge on any atom is 0.202 e. The summed E-state index contributed by atoms with van der Waals surface area (Å²) in [6.45, 7) is 7.61. The van der Waals surface area contributed by atoms with E-state index >= 15 is 0 Å². The van der Waals surface area contributed by atoms with Crippen molar-refractivity contribution in [2.24, 2.45) is 0 Å².